The number of aliphatic hydroxyl groups excluding tert-OH is 3. The predicted octanol–water partition coefficient (Wildman–Crippen LogP) is 16.5. The van der Waals surface area contributed by atoms with Crippen molar-refractivity contribution in [3.8, 4) is 0 Å². The van der Waals surface area contributed by atoms with E-state index in [1.165, 1.54) is 114 Å². The summed E-state index contributed by atoms with van der Waals surface area (Å²) < 4.78 is 0. The number of carbonyl (C=O) groups is 1. The van der Waals surface area contributed by atoms with Crippen LogP contribution in [0.2, 0.25) is 0 Å². The molecule has 17 atom stereocenters. The molecule has 11 aliphatic carbocycles. The Morgan fingerprint density at radius 2 is 1.59 bits per heavy atom. The van der Waals surface area contributed by atoms with Crippen LogP contribution in [0.5, 0.6) is 0 Å². The lowest BCUT2D eigenvalue weighted by atomic mass is 9.29. The maximum atomic E-state index is 14.8. The fourth-order valence-electron chi connectivity index (χ4n) is 25.9. The molecule has 0 saturated heterocycles. The molecule has 0 unspecified atom stereocenters. The summed E-state index contributed by atoms with van der Waals surface area (Å²) in [6.45, 7) is 11.5. The summed E-state index contributed by atoms with van der Waals surface area (Å²) in [6, 6.07) is 30.1. The molecule has 7 nitrogen and oxygen atoms in total. The molecule has 6 aliphatic heterocycles. The molecule has 7 heteroatoms. The number of hydrogen-bond donors (Lipinski definition) is 6. The van der Waals surface area contributed by atoms with Crippen LogP contribution in [0.3, 0.4) is 0 Å². The largest absolute Gasteiger partial charge is 0.516 e. The Morgan fingerprint density at radius 3 is 2.40 bits per heavy atom. The van der Waals surface area contributed by atoms with Crippen molar-refractivity contribution in [2.24, 2.45) is 91.7 Å². The van der Waals surface area contributed by atoms with Gasteiger partial charge in [-0.3, -0.25) is 4.79 Å². The number of aliphatic carboxylic acids is 1. The minimum absolute atomic E-state index is 0.0932. The number of nitrogens with one attached hydrogen (secondary N) is 2. The normalized spacial score (nSPS) is 41.4. The van der Waals surface area contributed by atoms with Crippen molar-refractivity contribution in [1.29, 1.82) is 0 Å². The highest BCUT2D eigenvalue weighted by atomic mass is 16.4. The lowest BCUT2D eigenvalue weighted by Gasteiger charge is -2.74. The van der Waals surface area contributed by atoms with Crippen molar-refractivity contribution in [1.82, 2.24) is 10.6 Å². The predicted molar refractivity (Wildman–Crippen MR) is 366 cm³/mol. The van der Waals surface area contributed by atoms with Gasteiger partial charge in [0.15, 0.2) is 0 Å². The summed E-state index contributed by atoms with van der Waals surface area (Å²) in [5.74, 6) is 2.86. The number of benzene rings is 3. The summed E-state index contributed by atoms with van der Waals surface area (Å²) in [5.41, 5.74) is 12.6. The molecule has 20 rings (SSSR count). The first-order chi connectivity index (χ1) is 44.1. The number of allylic oxidation sites excluding steroid dienone is 9. The molecule has 6 fully saturated rings. The van der Waals surface area contributed by atoms with E-state index in [9.17, 15) is 25.2 Å². The maximum absolute atomic E-state index is 14.8. The van der Waals surface area contributed by atoms with E-state index in [4.69, 9.17) is 0 Å². The lowest BCUT2D eigenvalue weighted by Crippen LogP contribution is -2.69. The third-order valence-corrected chi connectivity index (χ3v) is 29.3. The van der Waals surface area contributed by atoms with Crippen LogP contribution in [-0.4, -0.2) is 51.7 Å². The van der Waals surface area contributed by atoms with E-state index in [0.717, 1.165) is 120 Å². The van der Waals surface area contributed by atoms with Crippen molar-refractivity contribution in [2.75, 3.05) is 13.1 Å². The van der Waals surface area contributed by atoms with E-state index in [2.05, 4.69) is 148 Å². The summed E-state index contributed by atoms with van der Waals surface area (Å²) in [5, 5.41) is 60.7. The van der Waals surface area contributed by atoms with Crippen LogP contribution < -0.4 is 21.1 Å². The highest BCUT2D eigenvalue weighted by molar-refractivity contribution is 5.78. The first kappa shape index (κ1) is 60.6. The van der Waals surface area contributed by atoms with Gasteiger partial charge in [0.25, 0.3) is 0 Å². The van der Waals surface area contributed by atoms with Gasteiger partial charge in [0.05, 0.1) is 30.2 Å². The topological polar surface area (TPSA) is 122 Å². The molecular formula is C84H106N2O5. The second-order valence-corrected chi connectivity index (χ2v) is 33.8. The molecule has 0 amide bonds. The van der Waals surface area contributed by atoms with Gasteiger partial charge in [0.2, 0.25) is 0 Å². The number of dihydropyridines is 1. The van der Waals surface area contributed by atoms with E-state index in [1.807, 2.05) is 0 Å². The number of carboxylic acids is 1. The van der Waals surface area contributed by atoms with Crippen molar-refractivity contribution < 1.29 is 25.2 Å². The highest BCUT2D eigenvalue weighted by Crippen LogP contribution is 2.84. The van der Waals surface area contributed by atoms with Crippen LogP contribution in [0.15, 0.2) is 143 Å². The van der Waals surface area contributed by atoms with Gasteiger partial charge in [-0.15, -0.1) is 0 Å². The van der Waals surface area contributed by atoms with Crippen molar-refractivity contribution in [3.63, 3.8) is 0 Å². The van der Waals surface area contributed by atoms with E-state index in [1.54, 1.807) is 16.7 Å². The summed E-state index contributed by atoms with van der Waals surface area (Å²) >= 11 is 0. The number of carboxylic acid groups (broad SMARTS) is 1. The van der Waals surface area contributed by atoms with E-state index < -0.39 is 46.3 Å². The first-order valence-electron chi connectivity index (χ1n) is 37.0. The van der Waals surface area contributed by atoms with Crippen LogP contribution in [0.1, 0.15) is 211 Å². The fraction of sp³-hybridized carbons (Fsp3) is 0.607. The molecular weight excluding hydrogens is 1120 g/mol. The maximum Gasteiger partial charge on any atom is 0.306 e. The van der Waals surface area contributed by atoms with Crippen LogP contribution in [0, 0.1) is 91.7 Å². The molecule has 0 aromatic heterocycles. The molecule has 3 spiro atoms. The molecule has 6 heterocycles. The Morgan fingerprint density at radius 1 is 0.769 bits per heavy atom. The minimum Gasteiger partial charge on any atom is -0.516 e. The van der Waals surface area contributed by atoms with Gasteiger partial charge >= 0.3 is 5.97 Å². The second-order valence-electron chi connectivity index (χ2n) is 33.8. The van der Waals surface area contributed by atoms with Crippen molar-refractivity contribution >= 4 is 23.2 Å². The van der Waals surface area contributed by atoms with Gasteiger partial charge in [-0.25, -0.2) is 0 Å². The van der Waals surface area contributed by atoms with Crippen molar-refractivity contribution in [3.05, 3.63) is 170 Å². The standard InChI is InChI=1S/C84H106N2O5/c1-52(2)39-63-30-34-79(3)74(89)33-37-83-70-32-35-80(4)76-67(77(90)91)28-26-61(51-87)65(55-18-9-6-10-19-55)23-14-38-85-75-29-27-60(50-86-75)56-21-13-15-53(40-56)41-68-66-22-12-11-20-58(66)43-71(83)69(68)47-82(63,78(79)83)48-72(70)84(80,49-73(76)88)64-31-36-81(46-64)44-59-25-24-57(42-62(59)45-81)54-16-7-5-8-17-54/h5,7-8,11-13,15-17,20-22,27,29-30,40,43,47,51-52,55,57,59,62,64-65,67,71,73-74,76,78,85-89H,6,9-10,14,18-19,23-26,28,31-39,41-42,44-46,48-50H2,1-4H3,(H,90,91)/b61-51+/t57-,59-,62+,64-,65+,67-,71+,73-,74+,76+,78-,79-,80-,81-,82-,83-,84-/m1/s1. The Bertz CT molecular complexity index is 3690. The minimum atomic E-state index is -0.775. The molecule has 14 bridgehead atoms. The first-order valence-corrected chi connectivity index (χ1v) is 37.0. The molecule has 17 aliphatic rings. The quantitative estimate of drug-likeness (QED) is 0.107. The number of hydrogen-bond acceptors (Lipinski definition) is 6. The van der Waals surface area contributed by atoms with Crippen LogP contribution >= 0.6 is 0 Å². The average Bonchev–Trinajstić information content (AvgIpc) is 1.50. The zero-order chi connectivity index (χ0) is 62.2. The van der Waals surface area contributed by atoms with Gasteiger partial charge in [0, 0.05) is 46.6 Å². The van der Waals surface area contributed by atoms with Gasteiger partial charge in [0.1, 0.15) is 0 Å². The van der Waals surface area contributed by atoms with E-state index in [0.29, 0.717) is 42.9 Å². The molecule has 3 aromatic rings. The Hall–Kier alpha value is -5.37. The number of fused-ring (bicyclic) bond motifs is 2. The fourth-order valence-corrected chi connectivity index (χ4v) is 25.9. The SMILES string of the molecule is CC(C)CC1=CC[C@]2(C)[C@@H](O)CC[C@@]34C5=C6C[C@@]1(C=C1C(=c7ccccc7=C[C@@H]13)Cc1cccc(c1)C1=CC=C(NCCC[C@@H](C3CCCCC3)/C(=C/O)CC[C@@H](C(=O)O)[C@H]3[C@H](O)C[C@]6([C@@H]6CC[C@]7(C[C@H]8CC[C@@H](c9ccccc9)C[C@H]8C7)C6)[C@]3(C)CC5)NC1)[C@@H]24. The highest BCUT2D eigenvalue weighted by Gasteiger charge is 2.77. The zero-order valence-electron chi connectivity index (χ0n) is 55.5. The smallest absolute Gasteiger partial charge is 0.306 e. The second kappa shape index (κ2) is 22.9. The lowest BCUT2D eigenvalue weighted by molar-refractivity contribution is -0.167. The average molecular weight is 1220 g/mol. The van der Waals surface area contributed by atoms with Crippen LogP contribution in [0.25, 0.3) is 17.2 Å². The number of rotatable bonds is 6. The summed E-state index contributed by atoms with van der Waals surface area (Å²) in [6.07, 6.45) is 39.6. The van der Waals surface area contributed by atoms with Crippen LogP contribution in [0.4, 0.5) is 0 Å². The Labute approximate surface area is 543 Å². The van der Waals surface area contributed by atoms with Gasteiger partial charge < -0.3 is 31.1 Å². The molecule has 91 heavy (non-hydrogen) atoms. The van der Waals surface area contributed by atoms with E-state index in [-0.39, 0.29) is 34.0 Å². The summed E-state index contributed by atoms with van der Waals surface area (Å²) in [4.78, 5) is 14.8. The zero-order valence-corrected chi connectivity index (χ0v) is 55.5. The molecule has 482 valence electrons. The third kappa shape index (κ3) is 9.42. The van der Waals surface area contributed by atoms with Crippen LogP contribution in [-0.2, 0) is 11.2 Å². The van der Waals surface area contributed by atoms with Gasteiger partial charge in [-0.2, -0.15) is 0 Å². The van der Waals surface area contributed by atoms with Gasteiger partial charge in [-0.1, -0.05) is 167 Å². The Balaban J connectivity index is 0.896. The van der Waals surface area contributed by atoms with Crippen molar-refractivity contribution in [2.45, 2.75) is 213 Å². The molecule has 0 radical (unpaired) electrons. The third-order valence-electron chi connectivity index (χ3n) is 29.3. The van der Waals surface area contributed by atoms with Gasteiger partial charge in [-0.05, 0) is 261 Å². The molecule has 6 N–H and O–H groups in total. The Kier molecular flexibility index (Phi) is 15.3. The molecule has 6 saturated carbocycles. The monoisotopic (exact) mass is 1220 g/mol. The number of aliphatic hydroxyl groups is 3. The summed E-state index contributed by atoms with van der Waals surface area (Å²) in [7, 11) is 0. The van der Waals surface area contributed by atoms with E-state index >= 15 is 0 Å². The molecule has 3 aromatic carbocycles.